The Kier molecular flexibility index (Phi) is 4.89. The molecule has 0 bridgehead atoms. The molecule has 3 aliphatic heterocycles. The number of alkyl halides is 1. The fourth-order valence-corrected chi connectivity index (χ4v) is 4.56. The summed E-state index contributed by atoms with van der Waals surface area (Å²) in [6.07, 6.45) is 7.03. The van der Waals surface area contributed by atoms with Crippen LogP contribution in [-0.4, -0.2) is 47.4 Å². The van der Waals surface area contributed by atoms with E-state index in [-0.39, 0.29) is 5.91 Å². The molecule has 1 N–H and O–H groups in total. The molecule has 0 radical (unpaired) electrons. The Hall–Kier alpha value is -2.02. The number of nitrogens with zero attached hydrogens (tertiary/aromatic N) is 3. The molecule has 1 amide bonds. The number of thiazole rings is 1. The van der Waals surface area contributed by atoms with Crippen LogP contribution in [0.5, 0.6) is 0 Å². The van der Waals surface area contributed by atoms with Crippen molar-refractivity contribution in [1.29, 1.82) is 0 Å². The highest BCUT2D eigenvalue weighted by Crippen LogP contribution is 2.31. The van der Waals surface area contributed by atoms with Gasteiger partial charge in [0.05, 0.1) is 5.69 Å². The number of allylic oxidation sites excluding steroid dienone is 2. The minimum absolute atomic E-state index is 0.0178. The Bertz CT molecular complexity index is 802. The number of fused-ring (bicyclic) bond motifs is 1. The zero-order chi connectivity index (χ0) is 18.1. The normalized spacial score (nSPS) is 27.8. The molecule has 5 nitrogen and oxygen atoms in total. The van der Waals surface area contributed by atoms with Crippen LogP contribution in [-0.2, 0) is 6.42 Å². The van der Waals surface area contributed by atoms with Crippen LogP contribution in [0.3, 0.4) is 0 Å². The van der Waals surface area contributed by atoms with Crippen molar-refractivity contribution < 1.29 is 9.18 Å². The van der Waals surface area contributed by atoms with Gasteiger partial charge in [-0.2, -0.15) is 0 Å². The molecule has 1 fully saturated rings. The van der Waals surface area contributed by atoms with Crippen molar-refractivity contribution in [1.82, 2.24) is 15.2 Å². The van der Waals surface area contributed by atoms with Gasteiger partial charge in [-0.3, -0.25) is 4.79 Å². The first-order valence-corrected chi connectivity index (χ1v) is 10.0. The van der Waals surface area contributed by atoms with Gasteiger partial charge in [-0.15, -0.1) is 11.3 Å². The molecule has 1 saturated heterocycles. The van der Waals surface area contributed by atoms with Crippen molar-refractivity contribution in [2.75, 3.05) is 19.6 Å². The van der Waals surface area contributed by atoms with Gasteiger partial charge >= 0.3 is 0 Å². The smallest absolute Gasteiger partial charge is 0.263 e. The summed E-state index contributed by atoms with van der Waals surface area (Å²) >= 11 is 1.46. The SMILES string of the molecule is C/C1=C/C(N2CCC(F)CC2)=N\C=C(\c2nc3c(s2)C(=O)NCC3)CC1. The van der Waals surface area contributed by atoms with E-state index in [4.69, 9.17) is 9.98 Å². The number of nitrogens with one attached hydrogen (secondary N) is 1. The molecule has 0 unspecified atom stereocenters. The first kappa shape index (κ1) is 17.4. The van der Waals surface area contributed by atoms with Gasteiger partial charge in [0, 0.05) is 37.8 Å². The average Bonchev–Trinajstić information content (AvgIpc) is 3.05. The highest BCUT2D eigenvalue weighted by molar-refractivity contribution is 7.14. The van der Waals surface area contributed by atoms with Gasteiger partial charge in [0.2, 0.25) is 0 Å². The van der Waals surface area contributed by atoms with Gasteiger partial charge in [-0.25, -0.2) is 14.4 Å². The number of aliphatic imine (C=N–C) groups is 1. The maximum atomic E-state index is 13.4. The molecular formula is C19H23FN4OS. The van der Waals surface area contributed by atoms with E-state index in [1.165, 1.54) is 16.9 Å². The Balaban J connectivity index is 1.62. The van der Waals surface area contributed by atoms with E-state index in [0.29, 0.717) is 32.5 Å². The summed E-state index contributed by atoms with van der Waals surface area (Å²) in [4.78, 5) is 24.3. The van der Waals surface area contributed by atoms with Crippen LogP contribution in [0.2, 0.25) is 0 Å². The number of rotatable bonds is 1. The zero-order valence-corrected chi connectivity index (χ0v) is 15.7. The third-order valence-electron chi connectivity index (χ3n) is 5.09. The number of amidine groups is 1. The van der Waals surface area contributed by atoms with Crippen molar-refractivity contribution in [3.63, 3.8) is 0 Å². The molecule has 26 heavy (non-hydrogen) atoms. The summed E-state index contributed by atoms with van der Waals surface area (Å²) < 4.78 is 13.4. The first-order valence-electron chi connectivity index (χ1n) is 9.21. The van der Waals surface area contributed by atoms with Gasteiger partial charge in [0.25, 0.3) is 5.91 Å². The van der Waals surface area contributed by atoms with Crippen molar-refractivity contribution in [2.24, 2.45) is 4.99 Å². The van der Waals surface area contributed by atoms with E-state index in [0.717, 1.165) is 46.2 Å². The lowest BCUT2D eigenvalue weighted by Gasteiger charge is -2.30. The van der Waals surface area contributed by atoms with E-state index in [1.54, 1.807) is 0 Å². The minimum Gasteiger partial charge on any atom is -0.356 e. The van der Waals surface area contributed by atoms with E-state index < -0.39 is 6.17 Å². The quantitative estimate of drug-likeness (QED) is 0.820. The lowest BCUT2D eigenvalue weighted by Crippen LogP contribution is -2.38. The highest BCUT2D eigenvalue weighted by Gasteiger charge is 2.24. The third-order valence-corrected chi connectivity index (χ3v) is 6.26. The molecule has 0 aromatic carbocycles. The van der Waals surface area contributed by atoms with Crippen LogP contribution in [0.4, 0.5) is 4.39 Å². The summed E-state index contributed by atoms with van der Waals surface area (Å²) in [5, 5.41) is 3.77. The molecule has 1 aromatic rings. The summed E-state index contributed by atoms with van der Waals surface area (Å²) in [7, 11) is 0. The van der Waals surface area contributed by atoms with E-state index >= 15 is 0 Å². The number of hydrogen-bond acceptors (Lipinski definition) is 5. The molecule has 0 saturated carbocycles. The second-order valence-electron chi connectivity index (χ2n) is 7.09. The fourth-order valence-electron chi connectivity index (χ4n) is 3.49. The molecule has 0 spiro atoms. The maximum Gasteiger partial charge on any atom is 0.263 e. The predicted molar refractivity (Wildman–Crippen MR) is 102 cm³/mol. The number of halogens is 1. The molecular weight excluding hydrogens is 351 g/mol. The van der Waals surface area contributed by atoms with Crippen molar-refractivity contribution in [2.45, 2.75) is 45.2 Å². The number of likely N-dealkylation sites (tertiary alicyclic amines) is 1. The largest absolute Gasteiger partial charge is 0.356 e. The summed E-state index contributed by atoms with van der Waals surface area (Å²) in [6.45, 7) is 4.18. The van der Waals surface area contributed by atoms with E-state index in [9.17, 15) is 9.18 Å². The number of piperidine rings is 1. The van der Waals surface area contributed by atoms with Gasteiger partial charge in [-0.05, 0) is 38.7 Å². The first-order chi connectivity index (χ1) is 12.6. The zero-order valence-electron chi connectivity index (χ0n) is 14.9. The van der Waals surface area contributed by atoms with Gasteiger partial charge in [0.1, 0.15) is 21.9 Å². The number of aromatic nitrogens is 1. The second kappa shape index (κ2) is 7.31. The van der Waals surface area contributed by atoms with Crippen LogP contribution in [0, 0.1) is 0 Å². The Morgan fingerprint density at radius 2 is 2.08 bits per heavy atom. The van der Waals surface area contributed by atoms with Crippen LogP contribution in [0.25, 0.3) is 5.57 Å². The summed E-state index contributed by atoms with van der Waals surface area (Å²) in [6, 6.07) is 0. The highest BCUT2D eigenvalue weighted by atomic mass is 32.1. The lowest BCUT2D eigenvalue weighted by atomic mass is 10.0. The van der Waals surface area contributed by atoms with Gasteiger partial charge < -0.3 is 10.2 Å². The molecule has 3 aliphatic rings. The molecule has 4 heterocycles. The molecule has 7 heteroatoms. The van der Waals surface area contributed by atoms with Crippen LogP contribution in [0.15, 0.2) is 22.8 Å². The Morgan fingerprint density at radius 3 is 2.85 bits per heavy atom. The van der Waals surface area contributed by atoms with Crippen molar-refractivity contribution >= 4 is 28.7 Å². The van der Waals surface area contributed by atoms with Crippen LogP contribution in [0.1, 0.15) is 53.0 Å². The van der Waals surface area contributed by atoms with Gasteiger partial charge in [-0.1, -0.05) is 5.57 Å². The van der Waals surface area contributed by atoms with Crippen molar-refractivity contribution in [3.8, 4) is 0 Å². The Labute approximate surface area is 156 Å². The number of hydrogen-bond donors (Lipinski definition) is 1. The molecule has 138 valence electrons. The predicted octanol–water partition coefficient (Wildman–Crippen LogP) is 3.34. The summed E-state index contributed by atoms with van der Waals surface area (Å²) in [5.41, 5.74) is 3.23. The van der Waals surface area contributed by atoms with E-state index in [2.05, 4.69) is 23.2 Å². The lowest BCUT2D eigenvalue weighted by molar-refractivity contribution is 0.0950. The minimum atomic E-state index is -0.690. The number of amides is 1. The number of carbonyl (C=O) groups excluding carboxylic acids is 1. The van der Waals surface area contributed by atoms with E-state index in [1.807, 2.05) is 6.20 Å². The molecule has 4 rings (SSSR count). The fraction of sp³-hybridized carbons (Fsp3) is 0.526. The molecule has 0 aliphatic carbocycles. The maximum absolute atomic E-state index is 13.4. The monoisotopic (exact) mass is 374 g/mol. The van der Waals surface area contributed by atoms with Crippen LogP contribution < -0.4 is 5.32 Å². The average molecular weight is 374 g/mol. The third kappa shape index (κ3) is 3.58. The summed E-state index contributed by atoms with van der Waals surface area (Å²) in [5.74, 6) is 0.890. The van der Waals surface area contributed by atoms with Gasteiger partial charge in [0.15, 0.2) is 0 Å². The molecule has 1 aromatic heterocycles. The second-order valence-corrected chi connectivity index (χ2v) is 8.09. The van der Waals surface area contributed by atoms with Crippen molar-refractivity contribution in [3.05, 3.63) is 33.4 Å². The molecule has 0 atom stereocenters. The number of carbonyl (C=O) groups is 1. The van der Waals surface area contributed by atoms with Crippen LogP contribution >= 0.6 is 11.3 Å². The standard InChI is InChI=1S/C19H23FN4OS/c1-12-2-3-13(19-23-15-4-7-21-18(25)17(15)26-19)11-22-16(10-12)24-8-5-14(20)6-9-24/h10-11,14H,2-9H2,1H3,(H,21,25)/b12-10-,13-11+,22-16+. The Morgan fingerprint density at radius 1 is 1.27 bits per heavy atom. The topological polar surface area (TPSA) is 57.6 Å².